The van der Waals surface area contributed by atoms with Crippen molar-refractivity contribution in [2.75, 3.05) is 11.9 Å². The van der Waals surface area contributed by atoms with Gasteiger partial charge >= 0.3 is 5.97 Å². The van der Waals surface area contributed by atoms with Crippen LogP contribution in [0.2, 0.25) is 0 Å². The summed E-state index contributed by atoms with van der Waals surface area (Å²) in [5.41, 5.74) is 0.477. The Balaban J connectivity index is 2.47. The van der Waals surface area contributed by atoms with Crippen molar-refractivity contribution >= 4 is 11.8 Å². The van der Waals surface area contributed by atoms with E-state index in [0.717, 1.165) is 12.1 Å². The van der Waals surface area contributed by atoms with Gasteiger partial charge in [-0.2, -0.15) is 0 Å². The Morgan fingerprint density at radius 2 is 2.12 bits per heavy atom. The first-order valence-electron chi connectivity index (χ1n) is 5.67. The van der Waals surface area contributed by atoms with E-state index < -0.39 is 5.60 Å². The summed E-state index contributed by atoms with van der Waals surface area (Å²) in [6, 6.07) is 1.82. The summed E-state index contributed by atoms with van der Waals surface area (Å²) in [4.78, 5) is 19.6. The second-order valence-electron chi connectivity index (χ2n) is 4.69. The number of carbonyl (C=O) groups excluding carboxylic acids is 1. The number of ether oxygens (including phenoxy) is 1. The summed E-state index contributed by atoms with van der Waals surface area (Å²) >= 11 is 0. The molecule has 94 valence electrons. The standard InChI is InChI=1S/C12H19N3O2/c1-5-9-6-10(15-8-14-9)13-7-11(16)17-12(2,3)4/h6,8H,5,7H2,1-4H3,(H,13,14,15). The third-order valence-electron chi connectivity index (χ3n) is 1.92. The highest BCUT2D eigenvalue weighted by Crippen LogP contribution is 2.08. The molecule has 0 unspecified atom stereocenters. The first-order chi connectivity index (χ1) is 7.90. The number of anilines is 1. The van der Waals surface area contributed by atoms with Crippen LogP contribution in [0, 0.1) is 0 Å². The molecule has 0 bridgehead atoms. The molecule has 1 N–H and O–H groups in total. The van der Waals surface area contributed by atoms with E-state index >= 15 is 0 Å². The number of hydrogen-bond donors (Lipinski definition) is 1. The maximum absolute atomic E-state index is 11.5. The maximum atomic E-state index is 11.5. The number of hydrogen-bond acceptors (Lipinski definition) is 5. The molecule has 5 nitrogen and oxygen atoms in total. The molecule has 0 aliphatic rings. The first kappa shape index (κ1) is 13.4. The van der Waals surface area contributed by atoms with Gasteiger partial charge in [0.2, 0.25) is 0 Å². The van der Waals surface area contributed by atoms with E-state index in [1.807, 2.05) is 33.8 Å². The number of nitrogens with zero attached hydrogens (tertiary/aromatic N) is 2. The van der Waals surface area contributed by atoms with E-state index in [0.29, 0.717) is 5.82 Å². The fourth-order valence-electron chi connectivity index (χ4n) is 1.23. The van der Waals surface area contributed by atoms with Gasteiger partial charge in [-0.05, 0) is 27.2 Å². The number of esters is 1. The van der Waals surface area contributed by atoms with Crippen molar-refractivity contribution in [1.82, 2.24) is 9.97 Å². The fourth-order valence-corrected chi connectivity index (χ4v) is 1.23. The quantitative estimate of drug-likeness (QED) is 0.809. The molecule has 0 aliphatic heterocycles. The summed E-state index contributed by atoms with van der Waals surface area (Å²) < 4.78 is 5.17. The van der Waals surface area contributed by atoms with Crippen LogP contribution in [0.25, 0.3) is 0 Å². The summed E-state index contributed by atoms with van der Waals surface area (Å²) in [7, 11) is 0. The largest absolute Gasteiger partial charge is 0.459 e. The predicted molar refractivity (Wildman–Crippen MR) is 65.7 cm³/mol. The number of nitrogens with one attached hydrogen (secondary N) is 1. The Kier molecular flexibility index (Phi) is 4.43. The molecule has 1 rings (SSSR count). The summed E-state index contributed by atoms with van der Waals surface area (Å²) in [5.74, 6) is 0.344. The van der Waals surface area contributed by atoms with Gasteiger partial charge in [-0.25, -0.2) is 9.97 Å². The molecular formula is C12H19N3O2. The average Bonchev–Trinajstić information content (AvgIpc) is 2.24. The van der Waals surface area contributed by atoms with Gasteiger partial charge in [0.25, 0.3) is 0 Å². The molecule has 0 fully saturated rings. The molecule has 0 radical (unpaired) electrons. The molecule has 1 aromatic heterocycles. The fraction of sp³-hybridized carbons (Fsp3) is 0.583. The van der Waals surface area contributed by atoms with Gasteiger partial charge in [0.1, 0.15) is 24.3 Å². The van der Waals surface area contributed by atoms with Crippen LogP contribution < -0.4 is 5.32 Å². The Morgan fingerprint density at radius 1 is 1.41 bits per heavy atom. The highest BCUT2D eigenvalue weighted by atomic mass is 16.6. The Hall–Kier alpha value is -1.65. The van der Waals surface area contributed by atoms with Crippen LogP contribution in [-0.2, 0) is 16.0 Å². The molecule has 0 atom stereocenters. The Bertz CT molecular complexity index is 386. The second-order valence-corrected chi connectivity index (χ2v) is 4.69. The smallest absolute Gasteiger partial charge is 0.325 e. The molecule has 0 saturated heterocycles. The number of aryl methyl sites for hydroxylation is 1. The molecule has 0 spiro atoms. The third-order valence-corrected chi connectivity index (χ3v) is 1.92. The minimum absolute atomic E-state index is 0.109. The molecule has 17 heavy (non-hydrogen) atoms. The van der Waals surface area contributed by atoms with Gasteiger partial charge in [0.15, 0.2) is 0 Å². The maximum Gasteiger partial charge on any atom is 0.325 e. The van der Waals surface area contributed by atoms with Crippen LogP contribution >= 0.6 is 0 Å². The van der Waals surface area contributed by atoms with Gasteiger partial charge < -0.3 is 10.1 Å². The minimum Gasteiger partial charge on any atom is -0.459 e. The molecule has 1 heterocycles. The lowest BCUT2D eigenvalue weighted by atomic mass is 10.2. The Morgan fingerprint density at radius 3 is 2.71 bits per heavy atom. The number of carbonyl (C=O) groups is 1. The molecule has 0 saturated carbocycles. The van der Waals surface area contributed by atoms with E-state index in [2.05, 4.69) is 15.3 Å². The van der Waals surface area contributed by atoms with Crippen LogP contribution in [0.15, 0.2) is 12.4 Å². The van der Waals surface area contributed by atoms with Crippen molar-refractivity contribution in [2.24, 2.45) is 0 Å². The zero-order chi connectivity index (χ0) is 12.9. The SMILES string of the molecule is CCc1cc(NCC(=O)OC(C)(C)C)ncn1. The number of aromatic nitrogens is 2. The highest BCUT2D eigenvalue weighted by molar-refractivity contribution is 5.74. The van der Waals surface area contributed by atoms with Crippen molar-refractivity contribution in [3.63, 3.8) is 0 Å². The lowest BCUT2D eigenvalue weighted by Crippen LogP contribution is -2.28. The molecular weight excluding hydrogens is 218 g/mol. The van der Waals surface area contributed by atoms with E-state index in [1.54, 1.807) is 0 Å². The average molecular weight is 237 g/mol. The summed E-state index contributed by atoms with van der Waals surface area (Å²) in [5, 5.41) is 2.92. The van der Waals surface area contributed by atoms with Crippen molar-refractivity contribution in [1.29, 1.82) is 0 Å². The number of rotatable bonds is 4. The van der Waals surface area contributed by atoms with Gasteiger partial charge in [0, 0.05) is 11.8 Å². The molecule has 0 aliphatic carbocycles. The molecule has 5 heteroatoms. The first-order valence-corrected chi connectivity index (χ1v) is 5.67. The summed E-state index contributed by atoms with van der Waals surface area (Å²) in [6.45, 7) is 7.64. The zero-order valence-electron chi connectivity index (χ0n) is 10.8. The van der Waals surface area contributed by atoms with Crippen LogP contribution in [0.5, 0.6) is 0 Å². The topological polar surface area (TPSA) is 64.1 Å². The highest BCUT2D eigenvalue weighted by Gasteiger charge is 2.15. The van der Waals surface area contributed by atoms with Crippen LogP contribution in [0.1, 0.15) is 33.4 Å². The predicted octanol–water partition coefficient (Wildman–Crippen LogP) is 1.79. The van der Waals surface area contributed by atoms with E-state index in [-0.39, 0.29) is 12.5 Å². The van der Waals surface area contributed by atoms with E-state index in [9.17, 15) is 4.79 Å². The molecule has 0 amide bonds. The van der Waals surface area contributed by atoms with E-state index in [4.69, 9.17) is 4.74 Å². The van der Waals surface area contributed by atoms with Gasteiger partial charge in [-0.15, -0.1) is 0 Å². The Labute approximate surface area is 102 Å². The summed E-state index contributed by atoms with van der Waals surface area (Å²) in [6.07, 6.45) is 2.32. The van der Waals surface area contributed by atoms with Crippen molar-refractivity contribution in [3.05, 3.63) is 18.1 Å². The van der Waals surface area contributed by atoms with Crippen LogP contribution in [0.3, 0.4) is 0 Å². The van der Waals surface area contributed by atoms with Crippen LogP contribution in [-0.4, -0.2) is 28.1 Å². The monoisotopic (exact) mass is 237 g/mol. The molecule has 1 aromatic rings. The second kappa shape index (κ2) is 5.61. The zero-order valence-corrected chi connectivity index (χ0v) is 10.8. The lowest BCUT2D eigenvalue weighted by molar-refractivity contribution is -0.152. The normalized spacial score (nSPS) is 11.1. The van der Waals surface area contributed by atoms with Crippen molar-refractivity contribution < 1.29 is 9.53 Å². The van der Waals surface area contributed by atoms with Crippen LogP contribution in [0.4, 0.5) is 5.82 Å². The minimum atomic E-state index is -0.459. The van der Waals surface area contributed by atoms with Crippen molar-refractivity contribution in [3.8, 4) is 0 Å². The van der Waals surface area contributed by atoms with Gasteiger partial charge in [-0.1, -0.05) is 6.92 Å². The van der Waals surface area contributed by atoms with E-state index in [1.165, 1.54) is 6.33 Å². The van der Waals surface area contributed by atoms with Crippen molar-refractivity contribution in [2.45, 2.75) is 39.7 Å². The third kappa shape index (κ3) is 5.29. The van der Waals surface area contributed by atoms with Gasteiger partial charge in [-0.3, -0.25) is 4.79 Å². The lowest BCUT2D eigenvalue weighted by Gasteiger charge is -2.19. The van der Waals surface area contributed by atoms with Gasteiger partial charge in [0.05, 0.1) is 0 Å². The molecule has 0 aromatic carbocycles.